The van der Waals surface area contributed by atoms with E-state index in [4.69, 9.17) is 0 Å². The van der Waals surface area contributed by atoms with Gasteiger partial charge >= 0.3 is 6.18 Å². The van der Waals surface area contributed by atoms with Crippen LogP contribution in [0.15, 0.2) is 42.6 Å². The standard InChI is InChI=1S/C11H7F3N2O/c12-11(13,14)9-5-3-8(4-6-9)10-2-1-7-16(17)15-10/h1-7H. The number of nitrogens with zero attached hydrogens (tertiary/aromatic N) is 2. The van der Waals surface area contributed by atoms with Crippen LogP contribution in [-0.4, -0.2) is 5.10 Å². The largest absolute Gasteiger partial charge is 0.594 e. The molecule has 0 aliphatic heterocycles. The molecule has 0 saturated carbocycles. The quantitative estimate of drug-likeness (QED) is 0.567. The number of hydrogen-bond donors (Lipinski definition) is 0. The highest BCUT2D eigenvalue weighted by Gasteiger charge is 2.30. The summed E-state index contributed by atoms with van der Waals surface area (Å²) in [6, 6.07) is 7.51. The summed E-state index contributed by atoms with van der Waals surface area (Å²) < 4.78 is 36.9. The summed E-state index contributed by atoms with van der Waals surface area (Å²) in [5.74, 6) is 0. The van der Waals surface area contributed by atoms with Gasteiger partial charge in [0.1, 0.15) is 5.69 Å². The van der Waals surface area contributed by atoms with Crippen LogP contribution in [0.4, 0.5) is 13.2 Å². The van der Waals surface area contributed by atoms with Crippen molar-refractivity contribution in [3.05, 3.63) is 53.4 Å². The Balaban J connectivity index is 2.36. The van der Waals surface area contributed by atoms with Gasteiger partial charge in [0.05, 0.1) is 5.56 Å². The zero-order valence-corrected chi connectivity index (χ0v) is 8.48. The summed E-state index contributed by atoms with van der Waals surface area (Å²) in [6.07, 6.45) is -3.16. The second-order valence-electron chi connectivity index (χ2n) is 3.37. The maximum absolute atomic E-state index is 12.3. The van der Waals surface area contributed by atoms with E-state index in [0.29, 0.717) is 16.1 Å². The summed E-state index contributed by atoms with van der Waals surface area (Å²) in [6.45, 7) is 0. The molecule has 0 atom stereocenters. The summed E-state index contributed by atoms with van der Waals surface area (Å²) in [5, 5.41) is 14.5. The predicted molar refractivity (Wildman–Crippen MR) is 53.6 cm³/mol. The van der Waals surface area contributed by atoms with Crippen LogP contribution < -0.4 is 4.85 Å². The van der Waals surface area contributed by atoms with Gasteiger partial charge in [-0.15, -0.1) is 0 Å². The van der Waals surface area contributed by atoms with Crippen LogP contribution in [0.25, 0.3) is 11.3 Å². The molecule has 1 heterocycles. The Bertz CT molecular complexity index is 523. The van der Waals surface area contributed by atoms with Crippen molar-refractivity contribution in [3.63, 3.8) is 0 Å². The van der Waals surface area contributed by atoms with E-state index < -0.39 is 11.7 Å². The molecule has 0 aliphatic rings. The topological polar surface area (TPSA) is 39.8 Å². The van der Waals surface area contributed by atoms with E-state index in [1.807, 2.05) is 0 Å². The minimum Gasteiger partial charge on any atom is -0.594 e. The van der Waals surface area contributed by atoms with E-state index in [0.717, 1.165) is 12.1 Å². The maximum atomic E-state index is 12.3. The zero-order chi connectivity index (χ0) is 12.5. The van der Waals surface area contributed by atoms with Gasteiger partial charge in [-0.1, -0.05) is 17.0 Å². The highest BCUT2D eigenvalue weighted by Crippen LogP contribution is 2.30. The molecular weight excluding hydrogens is 233 g/mol. The van der Waals surface area contributed by atoms with Gasteiger partial charge in [-0.25, -0.2) is 0 Å². The molecule has 6 heteroatoms. The van der Waals surface area contributed by atoms with E-state index in [-0.39, 0.29) is 0 Å². The van der Waals surface area contributed by atoms with Crippen molar-refractivity contribution < 1.29 is 18.0 Å². The third-order valence-electron chi connectivity index (χ3n) is 2.18. The Morgan fingerprint density at radius 3 is 2.24 bits per heavy atom. The van der Waals surface area contributed by atoms with E-state index in [2.05, 4.69) is 5.10 Å². The van der Waals surface area contributed by atoms with Crippen molar-refractivity contribution in [1.82, 2.24) is 5.10 Å². The molecule has 0 aliphatic carbocycles. The second kappa shape index (κ2) is 4.04. The molecule has 0 saturated heterocycles. The molecule has 0 N–H and O–H groups in total. The van der Waals surface area contributed by atoms with Crippen molar-refractivity contribution in [3.8, 4) is 11.3 Å². The van der Waals surface area contributed by atoms with Crippen LogP contribution in [0.2, 0.25) is 0 Å². The van der Waals surface area contributed by atoms with E-state index in [9.17, 15) is 18.4 Å². The normalized spacial score (nSPS) is 11.5. The van der Waals surface area contributed by atoms with Crippen LogP contribution in [0.5, 0.6) is 0 Å². The highest BCUT2D eigenvalue weighted by atomic mass is 19.4. The summed E-state index contributed by atoms with van der Waals surface area (Å²) in [7, 11) is 0. The van der Waals surface area contributed by atoms with Gasteiger partial charge in [0.2, 0.25) is 6.20 Å². The average molecular weight is 240 g/mol. The molecule has 17 heavy (non-hydrogen) atoms. The van der Waals surface area contributed by atoms with Crippen molar-refractivity contribution in [2.24, 2.45) is 0 Å². The third-order valence-corrected chi connectivity index (χ3v) is 2.18. The van der Waals surface area contributed by atoms with Crippen molar-refractivity contribution in [2.75, 3.05) is 0 Å². The van der Waals surface area contributed by atoms with Crippen molar-refractivity contribution >= 4 is 0 Å². The van der Waals surface area contributed by atoms with Crippen LogP contribution >= 0.6 is 0 Å². The number of hydrogen-bond acceptors (Lipinski definition) is 2. The summed E-state index contributed by atoms with van der Waals surface area (Å²) >= 11 is 0. The monoisotopic (exact) mass is 240 g/mol. The molecule has 0 unspecified atom stereocenters. The number of halogens is 3. The van der Waals surface area contributed by atoms with Crippen molar-refractivity contribution in [1.29, 1.82) is 0 Å². The Morgan fingerprint density at radius 1 is 1.06 bits per heavy atom. The van der Waals surface area contributed by atoms with Crippen LogP contribution in [-0.2, 0) is 6.18 Å². The molecule has 88 valence electrons. The first-order chi connectivity index (χ1) is 7.97. The first-order valence-corrected chi connectivity index (χ1v) is 4.71. The molecule has 0 fully saturated rings. The fraction of sp³-hybridized carbons (Fsp3) is 0.0909. The lowest BCUT2D eigenvalue weighted by Gasteiger charge is -2.06. The molecule has 0 spiro atoms. The minimum absolute atomic E-state index is 0.330. The van der Waals surface area contributed by atoms with Gasteiger partial charge in [0.25, 0.3) is 0 Å². The smallest absolute Gasteiger partial charge is 0.416 e. The lowest BCUT2D eigenvalue weighted by molar-refractivity contribution is -0.668. The van der Waals surface area contributed by atoms with Gasteiger partial charge < -0.3 is 5.21 Å². The average Bonchev–Trinajstić information content (AvgIpc) is 2.28. The molecule has 1 aromatic heterocycles. The SMILES string of the molecule is [O-][n+]1cccc(-c2ccc(C(F)(F)F)cc2)n1. The van der Waals surface area contributed by atoms with Gasteiger partial charge in [0.15, 0.2) is 0 Å². The maximum Gasteiger partial charge on any atom is 0.416 e. The lowest BCUT2D eigenvalue weighted by atomic mass is 10.1. The van der Waals surface area contributed by atoms with E-state index in [1.165, 1.54) is 24.4 Å². The molecule has 3 nitrogen and oxygen atoms in total. The minimum atomic E-state index is -4.36. The van der Waals surface area contributed by atoms with Gasteiger partial charge in [0, 0.05) is 16.7 Å². The Morgan fingerprint density at radius 2 is 1.71 bits per heavy atom. The molecule has 1 aromatic carbocycles. The number of aromatic nitrogens is 2. The van der Waals surface area contributed by atoms with Crippen molar-refractivity contribution in [2.45, 2.75) is 6.18 Å². The van der Waals surface area contributed by atoms with Gasteiger partial charge in [-0.3, -0.25) is 0 Å². The number of rotatable bonds is 1. The molecule has 2 rings (SSSR count). The Kier molecular flexibility index (Phi) is 2.71. The molecule has 0 amide bonds. The third kappa shape index (κ3) is 2.52. The first kappa shape index (κ1) is 11.4. The Labute approximate surface area is 94.7 Å². The molecule has 0 radical (unpaired) electrons. The van der Waals surface area contributed by atoms with Crippen LogP contribution in [0.1, 0.15) is 5.56 Å². The Hall–Kier alpha value is -2.11. The summed E-state index contributed by atoms with van der Waals surface area (Å²) in [4.78, 5) is 0.354. The molecule has 0 bridgehead atoms. The highest BCUT2D eigenvalue weighted by molar-refractivity contribution is 5.58. The summed E-state index contributed by atoms with van der Waals surface area (Å²) in [5.41, 5.74) is 0.0617. The van der Waals surface area contributed by atoms with Gasteiger partial charge in [-0.2, -0.15) is 13.2 Å². The van der Waals surface area contributed by atoms with E-state index >= 15 is 0 Å². The van der Waals surface area contributed by atoms with E-state index in [1.54, 1.807) is 6.07 Å². The second-order valence-corrected chi connectivity index (χ2v) is 3.37. The number of alkyl halides is 3. The predicted octanol–water partition coefficient (Wildman–Crippen LogP) is 2.40. The number of benzene rings is 1. The lowest BCUT2D eigenvalue weighted by Crippen LogP contribution is -2.30. The van der Waals surface area contributed by atoms with Crippen LogP contribution in [0, 0.1) is 5.21 Å². The zero-order valence-electron chi connectivity index (χ0n) is 8.48. The fourth-order valence-electron chi connectivity index (χ4n) is 1.36. The molecule has 2 aromatic rings. The van der Waals surface area contributed by atoms with Gasteiger partial charge in [-0.05, 0) is 18.2 Å². The van der Waals surface area contributed by atoms with Crippen LogP contribution in [0.3, 0.4) is 0 Å². The molecular formula is C11H7F3N2O. The first-order valence-electron chi connectivity index (χ1n) is 4.71. The fourth-order valence-corrected chi connectivity index (χ4v) is 1.36.